The molecule has 0 bridgehead atoms. The molecule has 4 heterocycles. The van der Waals surface area contributed by atoms with Gasteiger partial charge in [0.25, 0.3) is 12.3 Å². The monoisotopic (exact) mass is 543 g/mol. The van der Waals surface area contributed by atoms with E-state index in [4.69, 9.17) is 4.74 Å². The minimum atomic E-state index is -4.61. The zero-order chi connectivity index (χ0) is 26.6. The highest BCUT2D eigenvalue weighted by atomic mass is 32.1. The molecule has 37 heavy (non-hydrogen) atoms. The van der Waals surface area contributed by atoms with Crippen molar-refractivity contribution in [1.82, 2.24) is 24.2 Å². The topological polar surface area (TPSA) is 105 Å². The summed E-state index contributed by atoms with van der Waals surface area (Å²) in [7, 11) is 0. The van der Waals surface area contributed by atoms with Crippen molar-refractivity contribution in [2.45, 2.75) is 25.9 Å². The minimum absolute atomic E-state index is 0.0217. The van der Waals surface area contributed by atoms with Crippen molar-refractivity contribution in [3.05, 3.63) is 47.7 Å². The Bertz CT molecular complexity index is 1210. The van der Waals surface area contributed by atoms with Crippen LogP contribution < -0.4 is 15.4 Å². The lowest BCUT2D eigenvalue weighted by Crippen LogP contribution is -2.27. The molecule has 0 aromatic carbocycles. The molecular weight excluding hydrogens is 521 g/mol. The summed E-state index contributed by atoms with van der Waals surface area (Å²) < 4.78 is 72.9. The van der Waals surface area contributed by atoms with E-state index in [2.05, 4.69) is 30.0 Å². The number of amides is 1. The van der Waals surface area contributed by atoms with E-state index in [1.165, 1.54) is 6.20 Å². The number of halogens is 5. The van der Waals surface area contributed by atoms with E-state index < -0.39 is 24.2 Å². The normalized spacial score (nSPS) is 16.2. The highest BCUT2D eigenvalue weighted by Gasteiger charge is 2.33. The van der Waals surface area contributed by atoms with Crippen LogP contribution in [0.2, 0.25) is 0 Å². The third-order valence-corrected chi connectivity index (χ3v) is 6.35. The van der Waals surface area contributed by atoms with Gasteiger partial charge < -0.3 is 15.4 Å². The lowest BCUT2D eigenvalue weighted by Gasteiger charge is -2.15. The van der Waals surface area contributed by atoms with Crippen LogP contribution >= 0.6 is 11.5 Å². The van der Waals surface area contributed by atoms with Crippen LogP contribution in [0.4, 0.5) is 38.5 Å². The van der Waals surface area contributed by atoms with Gasteiger partial charge in [-0.15, -0.1) is 0 Å². The molecule has 1 saturated heterocycles. The number of pyridine rings is 1. The number of hydrogen-bond donors (Lipinski definition) is 2. The van der Waals surface area contributed by atoms with Crippen LogP contribution in [0.3, 0.4) is 0 Å². The van der Waals surface area contributed by atoms with Gasteiger partial charge in [-0.2, -0.15) is 17.5 Å². The van der Waals surface area contributed by atoms with Gasteiger partial charge in [0.15, 0.2) is 5.69 Å². The minimum Gasteiger partial charge on any atom is -0.477 e. The number of carbonyl (C=O) groups is 1. The molecule has 1 aliphatic rings. The summed E-state index contributed by atoms with van der Waals surface area (Å²) in [6.07, 6.45) is -3.28. The van der Waals surface area contributed by atoms with Crippen molar-refractivity contribution < 1.29 is 31.5 Å². The van der Waals surface area contributed by atoms with Crippen LogP contribution in [0.25, 0.3) is 0 Å². The van der Waals surface area contributed by atoms with Gasteiger partial charge in [-0.05, 0) is 37.5 Å². The third kappa shape index (κ3) is 7.07. The molecule has 0 radical (unpaired) electrons. The Hall–Kier alpha value is -3.46. The lowest BCUT2D eigenvalue weighted by atomic mass is 10.1. The van der Waals surface area contributed by atoms with E-state index in [9.17, 15) is 26.7 Å². The van der Waals surface area contributed by atoms with E-state index in [0.29, 0.717) is 43.2 Å². The molecule has 2 N–H and O–H groups in total. The zero-order valence-corrected chi connectivity index (χ0v) is 20.2. The Morgan fingerprint density at radius 2 is 2.03 bits per heavy atom. The first kappa shape index (κ1) is 26.6. The summed E-state index contributed by atoms with van der Waals surface area (Å²) in [6, 6.07) is 3.18. The second-order valence-corrected chi connectivity index (χ2v) is 9.11. The fraction of sp³-hybridized carbons (Fsp3) is 0.409. The first-order chi connectivity index (χ1) is 17.6. The van der Waals surface area contributed by atoms with Crippen LogP contribution in [0, 0.1) is 12.8 Å². The third-order valence-electron chi connectivity index (χ3n) is 5.50. The summed E-state index contributed by atoms with van der Waals surface area (Å²) in [4.78, 5) is 25.8. The van der Waals surface area contributed by atoms with Gasteiger partial charge >= 0.3 is 6.18 Å². The van der Waals surface area contributed by atoms with E-state index >= 15 is 0 Å². The number of aryl methyl sites for hydroxylation is 1. The zero-order valence-electron chi connectivity index (χ0n) is 19.4. The highest BCUT2D eigenvalue weighted by Crippen LogP contribution is 2.30. The van der Waals surface area contributed by atoms with Crippen molar-refractivity contribution in [1.29, 1.82) is 0 Å². The van der Waals surface area contributed by atoms with Crippen LogP contribution in [0.1, 0.15) is 28.2 Å². The number of hydrogen-bond acceptors (Lipinski definition) is 9. The molecule has 0 unspecified atom stereocenters. The second kappa shape index (κ2) is 11.3. The standard InChI is InChI=1S/C22H22F5N7O2S/c1-12-19(21(37-33-12)32-17-8-28-15(7-29-17)22(25,26)27)20(35)31-14-2-3-18(30-6-14)36-11-13-4-5-34(9-13)10-16(23)24/h2-3,6-8,13,16H,4-5,9-11H2,1H3,(H,29,32)(H,31,35)/t13-/m1/s1. The van der Waals surface area contributed by atoms with Crippen molar-refractivity contribution in [3.8, 4) is 5.88 Å². The summed E-state index contributed by atoms with van der Waals surface area (Å²) in [5.74, 6) is -0.0150. The quantitative estimate of drug-likeness (QED) is 0.377. The van der Waals surface area contributed by atoms with Crippen molar-refractivity contribution in [2.75, 3.05) is 36.9 Å². The maximum atomic E-state index is 12.9. The molecule has 1 amide bonds. The number of likely N-dealkylation sites (tertiary alicyclic amines) is 1. The number of carbonyl (C=O) groups excluding carboxylic acids is 1. The lowest BCUT2D eigenvalue weighted by molar-refractivity contribution is -0.141. The van der Waals surface area contributed by atoms with Gasteiger partial charge in [0.05, 0.1) is 48.7 Å². The summed E-state index contributed by atoms with van der Waals surface area (Å²) in [5, 5.41) is 5.76. The molecule has 1 aliphatic heterocycles. The van der Waals surface area contributed by atoms with E-state index in [1.807, 2.05) is 0 Å². The molecule has 1 atom stereocenters. The van der Waals surface area contributed by atoms with Crippen LogP contribution in [0.5, 0.6) is 5.88 Å². The van der Waals surface area contributed by atoms with E-state index in [1.54, 1.807) is 24.0 Å². The average molecular weight is 544 g/mol. The molecule has 0 saturated carbocycles. The fourth-order valence-corrected chi connectivity index (χ4v) is 4.53. The van der Waals surface area contributed by atoms with E-state index in [-0.39, 0.29) is 28.8 Å². The van der Waals surface area contributed by atoms with E-state index in [0.717, 1.165) is 24.2 Å². The maximum Gasteiger partial charge on any atom is 0.434 e. The first-order valence-electron chi connectivity index (χ1n) is 11.1. The van der Waals surface area contributed by atoms with Gasteiger partial charge in [0, 0.05) is 18.5 Å². The summed E-state index contributed by atoms with van der Waals surface area (Å²) >= 11 is 0.951. The number of aromatic nitrogens is 4. The van der Waals surface area contributed by atoms with Crippen LogP contribution in [-0.2, 0) is 6.18 Å². The predicted molar refractivity (Wildman–Crippen MR) is 125 cm³/mol. The molecule has 1 fully saturated rings. The largest absolute Gasteiger partial charge is 0.477 e. The number of rotatable bonds is 9. The Kier molecular flexibility index (Phi) is 8.12. The Morgan fingerprint density at radius 1 is 1.22 bits per heavy atom. The average Bonchev–Trinajstić information content (AvgIpc) is 3.43. The maximum absolute atomic E-state index is 12.9. The molecule has 9 nitrogen and oxygen atoms in total. The SMILES string of the molecule is Cc1nsc(Nc2cnc(C(F)(F)F)cn2)c1C(=O)Nc1ccc(OC[C@@H]2CCN(CC(F)F)C2)nc1. The van der Waals surface area contributed by atoms with Crippen LogP contribution in [-0.4, -0.2) is 62.8 Å². The molecule has 0 spiro atoms. The smallest absolute Gasteiger partial charge is 0.434 e. The molecule has 0 aliphatic carbocycles. The Morgan fingerprint density at radius 3 is 2.68 bits per heavy atom. The Balaban J connectivity index is 1.33. The van der Waals surface area contributed by atoms with Crippen molar-refractivity contribution in [3.63, 3.8) is 0 Å². The number of alkyl halides is 5. The molecular formula is C22H22F5N7O2S. The Labute approximate surface area is 212 Å². The van der Waals surface area contributed by atoms with Crippen LogP contribution in [0.15, 0.2) is 30.7 Å². The summed E-state index contributed by atoms with van der Waals surface area (Å²) in [5.41, 5.74) is -0.141. The molecule has 3 aromatic rings. The molecule has 15 heteroatoms. The van der Waals surface area contributed by atoms with Gasteiger partial charge in [-0.1, -0.05) is 0 Å². The van der Waals surface area contributed by atoms with Crippen molar-refractivity contribution >= 4 is 33.9 Å². The molecule has 198 valence electrons. The van der Waals surface area contributed by atoms with Gasteiger partial charge in [-0.25, -0.2) is 23.7 Å². The fourth-order valence-electron chi connectivity index (χ4n) is 3.72. The molecule has 4 rings (SSSR count). The first-order valence-corrected chi connectivity index (χ1v) is 11.9. The number of nitrogens with one attached hydrogen (secondary N) is 2. The number of ether oxygens (including phenoxy) is 1. The number of anilines is 3. The predicted octanol–water partition coefficient (Wildman–Crippen LogP) is 4.62. The number of nitrogens with zero attached hydrogens (tertiary/aromatic N) is 5. The van der Waals surface area contributed by atoms with Gasteiger partial charge in [0.2, 0.25) is 5.88 Å². The van der Waals surface area contributed by atoms with Gasteiger partial charge in [-0.3, -0.25) is 9.69 Å². The summed E-state index contributed by atoms with van der Waals surface area (Å²) in [6.45, 7) is 2.88. The second-order valence-electron chi connectivity index (χ2n) is 8.34. The van der Waals surface area contributed by atoms with Crippen molar-refractivity contribution in [2.24, 2.45) is 5.92 Å². The highest BCUT2D eigenvalue weighted by molar-refractivity contribution is 7.10. The van der Waals surface area contributed by atoms with Gasteiger partial charge in [0.1, 0.15) is 10.8 Å². The molecule has 3 aromatic heterocycles.